The highest BCUT2D eigenvalue weighted by Gasteiger charge is 2.04. The lowest BCUT2D eigenvalue weighted by Crippen LogP contribution is -2.21. The molecule has 0 amide bonds. The molecule has 0 saturated carbocycles. The summed E-state index contributed by atoms with van der Waals surface area (Å²) in [6.07, 6.45) is 1.95. The van der Waals surface area contributed by atoms with Crippen molar-refractivity contribution >= 4 is 19.8 Å². The van der Waals surface area contributed by atoms with Gasteiger partial charge in [-0.2, -0.15) is 0 Å². The lowest BCUT2D eigenvalue weighted by atomic mass is 10.5. The van der Waals surface area contributed by atoms with Crippen molar-refractivity contribution in [2.45, 2.75) is 6.42 Å². The molecule has 0 aliphatic rings. The van der Waals surface area contributed by atoms with Crippen LogP contribution >= 0.6 is 10.8 Å². The van der Waals surface area contributed by atoms with E-state index in [1.54, 1.807) is 0 Å². The molecule has 0 aromatic rings. The molecule has 0 radical (unpaired) electrons. The Balaban J connectivity index is 3.49. The monoisotopic (exact) mass is 185 g/mol. The zero-order valence-corrected chi connectivity index (χ0v) is 7.33. The molecule has 10 heavy (non-hydrogen) atoms. The fourth-order valence-corrected chi connectivity index (χ4v) is 1.45. The fraction of sp³-hybridized carbons (Fsp3) is 1.00. The van der Waals surface area contributed by atoms with Crippen molar-refractivity contribution in [1.82, 2.24) is 4.72 Å². The molecule has 0 aromatic heterocycles. The van der Waals surface area contributed by atoms with E-state index in [1.807, 2.05) is 0 Å². The maximum Gasteiger partial charge on any atom is 0.264 e. The zero-order chi connectivity index (χ0) is 8.04. The van der Waals surface area contributed by atoms with Crippen molar-refractivity contribution in [3.05, 3.63) is 0 Å². The third kappa shape index (κ3) is 5.04. The molecular weight excluding hydrogens is 174 g/mol. The van der Waals surface area contributed by atoms with E-state index in [0.29, 0.717) is 13.0 Å². The third-order valence-corrected chi connectivity index (χ3v) is 3.50. The summed E-state index contributed by atoms with van der Waals surface area (Å²) in [7, 11) is -2.38. The van der Waals surface area contributed by atoms with Crippen LogP contribution in [0.5, 0.6) is 0 Å². The van der Waals surface area contributed by atoms with Crippen molar-refractivity contribution in [2.24, 2.45) is 0 Å². The fourth-order valence-electron chi connectivity index (χ4n) is 0.335. The molecule has 0 fully saturated rings. The minimum Gasteiger partial charge on any atom is -0.396 e. The van der Waals surface area contributed by atoms with E-state index in [9.17, 15) is 8.42 Å². The minimum atomic E-state index is -3.14. The molecule has 0 atom stereocenters. The molecule has 0 unspecified atom stereocenters. The van der Waals surface area contributed by atoms with E-state index in [1.165, 1.54) is 6.26 Å². The van der Waals surface area contributed by atoms with Gasteiger partial charge in [0.1, 0.15) is 0 Å². The average Bonchev–Trinajstić information content (AvgIpc) is 1.89. The average molecular weight is 185 g/mol. The summed E-state index contributed by atoms with van der Waals surface area (Å²) >= 11 is 0. The van der Waals surface area contributed by atoms with Crippen molar-refractivity contribution in [2.75, 3.05) is 19.4 Å². The normalized spacial score (nSPS) is 11.8. The summed E-state index contributed by atoms with van der Waals surface area (Å²) in [5.74, 6) is 0. The van der Waals surface area contributed by atoms with Gasteiger partial charge in [-0.05, 0) is 23.5 Å². The topological polar surface area (TPSA) is 66.4 Å². The number of hydrogen-bond acceptors (Lipinski definition) is 4. The third-order valence-electron chi connectivity index (χ3n) is 0.833. The van der Waals surface area contributed by atoms with Crippen LogP contribution in [0.15, 0.2) is 0 Å². The molecule has 0 aliphatic carbocycles. The van der Waals surface area contributed by atoms with Gasteiger partial charge in [0.15, 0.2) is 0 Å². The predicted octanol–water partition coefficient (Wildman–Crippen LogP) is -0.434. The molecule has 0 spiro atoms. The van der Waals surface area contributed by atoms with E-state index in [2.05, 4.69) is 4.72 Å². The molecule has 0 bridgehead atoms. The van der Waals surface area contributed by atoms with Crippen molar-refractivity contribution < 1.29 is 13.5 Å². The van der Waals surface area contributed by atoms with Crippen molar-refractivity contribution in [3.8, 4) is 0 Å². The smallest absolute Gasteiger partial charge is 0.264 e. The van der Waals surface area contributed by atoms with Crippen molar-refractivity contribution in [1.29, 1.82) is 0 Å². The van der Waals surface area contributed by atoms with Gasteiger partial charge in [0, 0.05) is 13.2 Å². The van der Waals surface area contributed by atoms with Crippen LogP contribution in [0.3, 0.4) is 0 Å². The Bertz CT molecular complexity index is 165. The maximum atomic E-state index is 10.6. The van der Waals surface area contributed by atoms with Crippen LogP contribution in [0.2, 0.25) is 0 Å². The van der Waals surface area contributed by atoms with E-state index in [4.69, 9.17) is 5.11 Å². The molecule has 62 valence electrons. The van der Waals surface area contributed by atoms with Crippen molar-refractivity contribution in [3.63, 3.8) is 0 Å². The second-order valence-electron chi connectivity index (χ2n) is 1.59. The van der Waals surface area contributed by atoms with Crippen LogP contribution in [-0.4, -0.2) is 32.9 Å². The molecule has 0 aromatic carbocycles. The summed E-state index contributed by atoms with van der Waals surface area (Å²) in [4.78, 5) is 0. The van der Waals surface area contributed by atoms with E-state index < -0.39 is 9.06 Å². The van der Waals surface area contributed by atoms with E-state index in [-0.39, 0.29) is 6.61 Å². The van der Waals surface area contributed by atoms with Gasteiger partial charge in [0.25, 0.3) is 9.06 Å². The second-order valence-corrected chi connectivity index (χ2v) is 5.44. The quantitative estimate of drug-likeness (QED) is 0.450. The first-order valence-electron chi connectivity index (χ1n) is 2.78. The first kappa shape index (κ1) is 10.2. The summed E-state index contributed by atoms with van der Waals surface area (Å²) < 4.78 is 23.6. The van der Waals surface area contributed by atoms with Crippen LogP contribution in [0, 0.1) is 0 Å². The molecule has 0 aliphatic heterocycles. The van der Waals surface area contributed by atoms with Crippen LogP contribution in [0.4, 0.5) is 0 Å². The van der Waals surface area contributed by atoms with Gasteiger partial charge in [-0.3, -0.25) is 0 Å². The first-order chi connectivity index (χ1) is 4.62. The highest BCUT2D eigenvalue weighted by molar-refractivity contribution is 8.71. The Morgan fingerprint density at radius 3 is 2.60 bits per heavy atom. The number of nitrogens with one attached hydrogen (secondary N) is 1. The molecular formula is C4H11NO3S2. The second kappa shape index (κ2) is 4.95. The van der Waals surface area contributed by atoms with Gasteiger partial charge in [-0.1, -0.05) is 0 Å². The van der Waals surface area contributed by atoms with Gasteiger partial charge >= 0.3 is 0 Å². The van der Waals surface area contributed by atoms with E-state index >= 15 is 0 Å². The van der Waals surface area contributed by atoms with Crippen LogP contribution in [0.25, 0.3) is 0 Å². The zero-order valence-electron chi connectivity index (χ0n) is 5.70. The van der Waals surface area contributed by atoms with Gasteiger partial charge < -0.3 is 5.11 Å². The predicted molar refractivity (Wildman–Crippen MR) is 42.1 cm³/mol. The van der Waals surface area contributed by atoms with Crippen LogP contribution in [-0.2, 0) is 9.06 Å². The van der Waals surface area contributed by atoms with Gasteiger partial charge in [0.2, 0.25) is 0 Å². The number of aliphatic hydroxyl groups is 1. The Hall–Kier alpha value is 0.220. The van der Waals surface area contributed by atoms with Gasteiger partial charge in [0.05, 0.1) is 0 Å². The largest absolute Gasteiger partial charge is 0.396 e. The SMILES string of the molecule is CSS(=O)(=O)NCCCO. The van der Waals surface area contributed by atoms with Gasteiger partial charge in [-0.15, -0.1) is 0 Å². The Labute approximate surface area is 64.5 Å². The van der Waals surface area contributed by atoms with Crippen LogP contribution in [0.1, 0.15) is 6.42 Å². The minimum absolute atomic E-state index is 0.0108. The molecule has 0 rings (SSSR count). The molecule has 6 heteroatoms. The summed E-state index contributed by atoms with van der Waals surface area (Å²) in [5.41, 5.74) is 0. The Kier molecular flexibility index (Phi) is 5.06. The Morgan fingerprint density at radius 1 is 1.60 bits per heavy atom. The molecule has 2 N–H and O–H groups in total. The maximum absolute atomic E-state index is 10.6. The summed E-state index contributed by atoms with van der Waals surface area (Å²) in [5, 5.41) is 8.29. The number of hydrogen-bond donors (Lipinski definition) is 2. The summed E-state index contributed by atoms with van der Waals surface area (Å²) in [6.45, 7) is 0.316. The lowest BCUT2D eigenvalue weighted by Gasteiger charge is -2.00. The lowest BCUT2D eigenvalue weighted by molar-refractivity contribution is 0.289. The number of aliphatic hydroxyl groups excluding tert-OH is 1. The number of rotatable bonds is 5. The Morgan fingerprint density at radius 2 is 2.20 bits per heavy atom. The molecule has 4 nitrogen and oxygen atoms in total. The highest BCUT2D eigenvalue weighted by atomic mass is 33.1. The molecule has 0 heterocycles. The molecule has 0 saturated heterocycles. The summed E-state index contributed by atoms with van der Waals surface area (Å²) in [6, 6.07) is 0. The van der Waals surface area contributed by atoms with Gasteiger partial charge in [-0.25, -0.2) is 13.1 Å². The standard InChI is InChI=1S/C4H11NO3S2/c1-9-10(7,8)5-3-2-4-6/h5-6H,2-4H2,1H3. The van der Waals surface area contributed by atoms with Crippen LogP contribution < -0.4 is 4.72 Å². The highest BCUT2D eigenvalue weighted by Crippen LogP contribution is 2.02. The van der Waals surface area contributed by atoms with E-state index in [0.717, 1.165) is 10.8 Å². The first-order valence-corrected chi connectivity index (χ1v) is 6.01.